The van der Waals surface area contributed by atoms with Crippen LogP contribution in [-0.2, 0) is 14.4 Å². The Morgan fingerprint density at radius 2 is 1.68 bits per heavy atom. The molecule has 0 aliphatic heterocycles. The summed E-state index contributed by atoms with van der Waals surface area (Å²) in [6, 6.07) is 2.19. The molecule has 5 rings (SSSR count). The second-order valence-corrected chi connectivity index (χ2v) is 15.5. The number of ketones is 2. The minimum absolute atomic E-state index is 0.00111. The Kier molecular flexibility index (Phi) is 5.87. The number of carbonyl (C=O) groups excluding carboxylic acids is 3. The quantitative estimate of drug-likeness (QED) is 0.462. The highest BCUT2D eigenvalue weighted by Gasteiger charge is 2.69. The lowest BCUT2D eigenvalue weighted by atomic mass is 9.34. The van der Waals surface area contributed by atoms with Gasteiger partial charge in [-0.25, -0.2) is 0 Å². The van der Waals surface area contributed by atoms with E-state index in [0.717, 1.165) is 50.5 Å². The van der Waals surface area contributed by atoms with Crippen LogP contribution < -0.4 is 5.32 Å². The number of nitrogens with one attached hydrogen (secondary N) is 1. The summed E-state index contributed by atoms with van der Waals surface area (Å²) in [6.45, 7) is 17.8. The van der Waals surface area contributed by atoms with Crippen LogP contribution in [-0.4, -0.2) is 24.0 Å². The molecule has 206 valence electrons. The van der Waals surface area contributed by atoms with Crippen LogP contribution in [0.5, 0.6) is 0 Å². The van der Waals surface area contributed by atoms with Crippen molar-refractivity contribution in [1.29, 1.82) is 5.26 Å². The Morgan fingerprint density at radius 1 is 1.03 bits per heavy atom. The summed E-state index contributed by atoms with van der Waals surface area (Å²) in [5.41, 5.74) is -0.0700. The van der Waals surface area contributed by atoms with Gasteiger partial charge in [0.25, 0.3) is 0 Å². The summed E-state index contributed by atoms with van der Waals surface area (Å²) >= 11 is 0. The van der Waals surface area contributed by atoms with E-state index in [1.54, 1.807) is 6.92 Å². The van der Waals surface area contributed by atoms with Gasteiger partial charge in [0.15, 0.2) is 11.6 Å². The SMILES string of the molecule is CC(=O)NC[C@]12CCC(C)(C)C[C@H]1[C@H]1C(=O)C=C3[C@@]4(C)C=C(C#N)C(=O)C(C)(C)[C@@H]4CC[C@@]3(C)[C@]1(C)CC2. The van der Waals surface area contributed by atoms with Crippen molar-refractivity contribution in [2.75, 3.05) is 6.54 Å². The molecule has 3 saturated carbocycles. The van der Waals surface area contributed by atoms with Crippen LogP contribution in [0.15, 0.2) is 23.3 Å². The molecule has 0 radical (unpaired) electrons. The zero-order chi connectivity index (χ0) is 28.1. The summed E-state index contributed by atoms with van der Waals surface area (Å²) < 4.78 is 0. The summed E-state index contributed by atoms with van der Waals surface area (Å²) in [7, 11) is 0. The molecule has 0 aromatic carbocycles. The van der Waals surface area contributed by atoms with Crippen molar-refractivity contribution in [3.8, 4) is 6.07 Å². The zero-order valence-electron chi connectivity index (χ0n) is 24.7. The lowest BCUT2D eigenvalue weighted by molar-refractivity contribution is -0.170. The summed E-state index contributed by atoms with van der Waals surface area (Å²) in [5.74, 6) is 0.347. The third-order valence-corrected chi connectivity index (χ3v) is 12.7. The van der Waals surface area contributed by atoms with Gasteiger partial charge in [0, 0.05) is 30.2 Å². The third-order valence-electron chi connectivity index (χ3n) is 12.7. The van der Waals surface area contributed by atoms with E-state index in [0.29, 0.717) is 6.54 Å². The molecule has 3 fully saturated rings. The number of fused-ring (bicyclic) bond motifs is 7. The molecule has 0 bridgehead atoms. The first-order valence-corrected chi connectivity index (χ1v) is 14.7. The number of nitrogens with zero attached hydrogens (tertiary/aromatic N) is 1. The molecule has 1 amide bonds. The van der Waals surface area contributed by atoms with Crippen molar-refractivity contribution in [2.45, 2.75) is 100 Å². The Hall–Kier alpha value is -2.22. The van der Waals surface area contributed by atoms with Gasteiger partial charge in [-0.1, -0.05) is 60.1 Å². The molecular formula is C33H46N2O3. The van der Waals surface area contributed by atoms with Gasteiger partial charge < -0.3 is 5.32 Å². The fourth-order valence-corrected chi connectivity index (χ4v) is 10.3. The van der Waals surface area contributed by atoms with Crippen LogP contribution in [0.1, 0.15) is 100 Å². The van der Waals surface area contributed by atoms with Crippen molar-refractivity contribution in [3.63, 3.8) is 0 Å². The van der Waals surface area contributed by atoms with Crippen LogP contribution in [0.25, 0.3) is 0 Å². The van der Waals surface area contributed by atoms with E-state index < -0.39 is 10.8 Å². The molecule has 5 nitrogen and oxygen atoms in total. The second kappa shape index (κ2) is 8.15. The van der Waals surface area contributed by atoms with Crippen molar-refractivity contribution < 1.29 is 14.4 Å². The van der Waals surface area contributed by atoms with E-state index in [-0.39, 0.29) is 62.5 Å². The normalized spacial score (nSPS) is 44.8. The first-order valence-electron chi connectivity index (χ1n) is 14.7. The fourth-order valence-electron chi connectivity index (χ4n) is 10.3. The minimum atomic E-state index is -0.648. The van der Waals surface area contributed by atoms with Crippen LogP contribution in [0.3, 0.4) is 0 Å². The molecular weight excluding hydrogens is 472 g/mol. The Labute approximate surface area is 228 Å². The highest BCUT2D eigenvalue weighted by atomic mass is 16.1. The van der Waals surface area contributed by atoms with Gasteiger partial charge in [-0.3, -0.25) is 14.4 Å². The van der Waals surface area contributed by atoms with E-state index in [2.05, 4.69) is 46.0 Å². The molecule has 38 heavy (non-hydrogen) atoms. The molecule has 0 aromatic rings. The minimum Gasteiger partial charge on any atom is -0.356 e. The molecule has 0 saturated heterocycles. The number of hydrogen-bond acceptors (Lipinski definition) is 4. The number of carbonyl (C=O) groups is 3. The van der Waals surface area contributed by atoms with E-state index in [1.807, 2.05) is 26.0 Å². The van der Waals surface area contributed by atoms with Crippen LogP contribution >= 0.6 is 0 Å². The topological polar surface area (TPSA) is 87.0 Å². The van der Waals surface area contributed by atoms with Gasteiger partial charge in [0.05, 0.1) is 5.57 Å². The highest BCUT2D eigenvalue weighted by Crippen LogP contribution is 2.74. The molecule has 1 N–H and O–H groups in total. The average Bonchev–Trinajstić information content (AvgIpc) is 2.82. The predicted octanol–water partition coefficient (Wildman–Crippen LogP) is 6.34. The van der Waals surface area contributed by atoms with Gasteiger partial charge in [0.1, 0.15) is 6.07 Å². The number of nitriles is 1. The average molecular weight is 519 g/mol. The molecule has 0 aromatic heterocycles. The number of amides is 1. The van der Waals surface area contributed by atoms with Gasteiger partial charge >= 0.3 is 0 Å². The second-order valence-electron chi connectivity index (χ2n) is 15.5. The first-order chi connectivity index (χ1) is 17.5. The smallest absolute Gasteiger partial charge is 0.216 e. The molecule has 5 aliphatic carbocycles. The summed E-state index contributed by atoms with van der Waals surface area (Å²) in [4.78, 5) is 39.7. The Morgan fingerprint density at radius 3 is 2.32 bits per heavy atom. The lowest BCUT2D eigenvalue weighted by Gasteiger charge is -2.69. The van der Waals surface area contributed by atoms with E-state index in [1.165, 1.54) is 0 Å². The number of allylic oxidation sites excluding steroid dienone is 4. The number of hydrogen-bond donors (Lipinski definition) is 1. The molecule has 7 atom stereocenters. The standard InChI is InChI=1S/C33H46N2O3/c1-20(36)35-19-33-13-11-28(2,3)17-22(33)26-23(37)15-25-30(6)16-21(18-34)27(38)29(4,5)24(30)9-10-31(25,7)32(26,8)12-14-33/h15-16,22,24,26H,9-14,17,19H2,1-8H3,(H,35,36)/t22-,24-,26-,30-,31+,32+,33+/m0/s1. The van der Waals surface area contributed by atoms with E-state index in [9.17, 15) is 19.6 Å². The Balaban J connectivity index is 1.66. The maximum atomic E-state index is 14.5. The number of rotatable bonds is 2. The molecule has 5 heteroatoms. The zero-order valence-corrected chi connectivity index (χ0v) is 24.7. The maximum absolute atomic E-state index is 14.5. The van der Waals surface area contributed by atoms with E-state index in [4.69, 9.17) is 0 Å². The van der Waals surface area contributed by atoms with Crippen molar-refractivity contribution in [1.82, 2.24) is 5.32 Å². The summed E-state index contributed by atoms with van der Waals surface area (Å²) in [5, 5.41) is 13.0. The van der Waals surface area contributed by atoms with Crippen molar-refractivity contribution in [3.05, 3.63) is 23.3 Å². The maximum Gasteiger partial charge on any atom is 0.216 e. The monoisotopic (exact) mass is 518 g/mol. The predicted molar refractivity (Wildman–Crippen MR) is 148 cm³/mol. The molecule has 0 unspecified atom stereocenters. The van der Waals surface area contributed by atoms with E-state index >= 15 is 0 Å². The first kappa shape index (κ1) is 27.4. The van der Waals surface area contributed by atoms with Crippen LogP contribution in [0.4, 0.5) is 0 Å². The van der Waals surface area contributed by atoms with Gasteiger partial charge in [-0.05, 0) is 84.5 Å². The van der Waals surface area contributed by atoms with Crippen molar-refractivity contribution in [2.24, 2.45) is 50.2 Å². The van der Waals surface area contributed by atoms with Crippen molar-refractivity contribution >= 4 is 17.5 Å². The van der Waals surface area contributed by atoms with Gasteiger partial charge in [-0.2, -0.15) is 5.26 Å². The highest BCUT2D eigenvalue weighted by molar-refractivity contribution is 6.04. The fraction of sp³-hybridized carbons (Fsp3) is 0.758. The largest absolute Gasteiger partial charge is 0.356 e. The van der Waals surface area contributed by atoms with Gasteiger partial charge in [-0.15, -0.1) is 0 Å². The Bertz CT molecular complexity index is 1220. The van der Waals surface area contributed by atoms with Crippen LogP contribution in [0.2, 0.25) is 0 Å². The molecule has 5 aliphatic rings. The summed E-state index contributed by atoms with van der Waals surface area (Å²) in [6.07, 6.45) is 10.9. The lowest BCUT2D eigenvalue weighted by Crippen LogP contribution is -2.65. The molecule has 0 heterocycles. The molecule has 0 spiro atoms. The van der Waals surface area contributed by atoms with Crippen LogP contribution in [0, 0.1) is 61.6 Å². The third kappa shape index (κ3) is 3.44. The van der Waals surface area contributed by atoms with Gasteiger partial charge in [0.2, 0.25) is 5.91 Å². The number of Topliss-reactive ketones (excluding diaryl/α,β-unsaturated/α-hetero) is 1.